The van der Waals surface area contributed by atoms with Crippen molar-refractivity contribution in [1.29, 1.82) is 0 Å². The summed E-state index contributed by atoms with van der Waals surface area (Å²) in [6.07, 6.45) is -2.54. The minimum atomic E-state index is -4.13. The largest absolute Gasteiger partial charge is 0.409 e. The van der Waals surface area contributed by atoms with Gasteiger partial charge in [0.15, 0.2) is 5.84 Å². The Kier molecular flexibility index (Phi) is 4.01. The van der Waals surface area contributed by atoms with E-state index in [9.17, 15) is 13.2 Å². The molecule has 1 aromatic heterocycles. The molecule has 0 bridgehead atoms. The minimum absolute atomic E-state index is 0.0545. The van der Waals surface area contributed by atoms with Crippen LogP contribution in [0.3, 0.4) is 0 Å². The predicted molar refractivity (Wildman–Crippen MR) is 67.7 cm³/mol. The lowest BCUT2D eigenvalue weighted by molar-refractivity contribution is -0.179. The zero-order chi connectivity index (χ0) is 14.8. The van der Waals surface area contributed by atoms with E-state index >= 15 is 0 Å². The van der Waals surface area contributed by atoms with Crippen LogP contribution in [0, 0.1) is 5.92 Å². The fourth-order valence-electron chi connectivity index (χ4n) is 2.24. The van der Waals surface area contributed by atoms with Gasteiger partial charge >= 0.3 is 6.18 Å². The maximum Gasteiger partial charge on any atom is 0.391 e. The van der Waals surface area contributed by atoms with E-state index in [1.54, 1.807) is 17.0 Å². The Hall–Kier alpha value is -1.99. The molecule has 3 N–H and O–H groups in total. The zero-order valence-corrected chi connectivity index (χ0v) is 10.6. The van der Waals surface area contributed by atoms with E-state index in [-0.39, 0.29) is 31.8 Å². The van der Waals surface area contributed by atoms with Crippen LogP contribution in [0.15, 0.2) is 23.5 Å². The molecule has 0 atom stereocenters. The monoisotopic (exact) mass is 288 g/mol. The van der Waals surface area contributed by atoms with Crippen molar-refractivity contribution < 1.29 is 18.4 Å². The van der Waals surface area contributed by atoms with E-state index in [1.165, 1.54) is 6.20 Å². The molecule has 0 spiro atoms. The molecule has 0 saturated carbocycles. The van der Waals surface area contributed by atoms with Crippen molar-refractivity contribution in [2.45, 2.75) is 19.0 Å². The number of rotatable bonds is 2. The van der Waals surface area contributed by atoms with Gasteiger partial charge < -0.3 is 15.8 Å². The van der Waals surface area contributed by atoms with Gasteiger partial charge in [-0.25, -0.2) is 4.98 Å². The molecule has 1 saturated heterocycles. The first-order chi connectivity index (χ1) is 9.41. The lowest BCUT2D eigenvalue weighted by Gasteiger charge is -2.33. The summed E-state index contributed by atoms with van der Waals surface area (Å²) in [5.41, 5.74) is 5.96. The van der Waals surface area contributed by atoms with Gasteiger partial charge in [-0.3, -0.25) is 0 Å². The molecule has 0 aliphatic carbocycles. The average molecular weight is 288 g/mol. The van der Waals surface area contributed by atoms with Crippen molar-refractivity contribution in [1.82, 2.24) is 4.98 Å². The van der Waals surface area contributed by atoms with E-state index in [0.717, 1.165) is 0 Å². The number of piperidine rings is 1. The SMILES string of the molecule is NC(=NO)c1ccnc(N2CCC(C(F)(F)F)CC2)c1. The number of hydrogen-bond donors (Lipinski definition) is 2. The minimum Gasteiger partial charge on any atom is -0.409 e. The van der Waals surface area contributed by atoms with E-state index in [2.05, 4.69) is 10.1 Å². The number of nitrogens with zero attached hydrogens (tertiary/aromatic N) is 3. The molecular weight excluding hydrogens is 273 g/mol. The fraction of sp³-hybridized carbons (Fsp3) is 0.500. The molecule has 110 valence electrons. The van der Waals surface area contributed by atoms with Gasteiger partial charge in [0, 0.05) is 24.8 Å². The second-order valence-electron chi connectivity index (χ2n) is 4.69. The number of pyridine rings is 1. The van der Waals surface area contributed by atoms with Gasteiger partial charge in [-0.05, 0) is 25.0 Å². The molecule has 0 unspecified atom stereocenters. The standard InChI is InChI=1S/C12H15F3N4O/c13-12(14,15)9-2-5-19(6-3-9)10-7-8(1-4-17-10)11(16)18-20/h1,4,7,9,20H,2-3,5-6H2,(H2,16,18). The van der Waals surface area contributed by atoms with Crippen molar-refractivity contribution in [3.63, 3.8) is 0 Å². The number of halogens is 3. The maximum absolute atomic E-state index is 12.6. The predicted octanol–water partition coefficient (Wildman–Crippen LogP) is 1.95. The third-order valence-electron chi connectivity index (χ3n) is 3.43. The maximum atomic E-state index is 12.6. The van der Waals surface area contributed by atoms with Crippen LogP contribution in [0.2, 0.25) is 0 Å². The summed E-state index contributed by atoms with van der Waals surface area (Å²) < 4.78 is 37.8. The van der Waals surface area contributed by atoms with E-state index in [0.29, 0.717) is 11.4 Å². The molecule has 1 aromatic rings. The molecule has 0 aromatic carbocycles. The molecule has 8 heteroatoms. The summed E-state index contributed by atoms with van der Waals surface area (Å²) in [5, 5.41) is 11.5. The van der Waals surface area contributed by atoms with Gasteiger partial charge in [-0.15, -0.1) is 0 Å². The van der Waals surface area contributed by atoms with E-state index in [1.807, 2.05) is 0 Å². The molecule has 1 fully saturated rings. The topological polar surface area (TPSA) is 74.7 Å². The molecule has 1 aliphatic heterocycles. The molecule has 20 heavy (non-hydrogen) atoms. The van der Waals surface area contributed by atoms with Gasteiger partial charge in [0.1, 0.15) is 5.82 Å². The third-order valence-corrected chi connectivity index (χ3v) is 3.43. The van der Waals surface area contributed by atoms with Crippen molar-refractivity contribution in [2.75, 3.05) is 18.0 Å². The van der Waals surface area contributed by atoms with Crippen molar-refractivity contribution in [3.8, 4) is 0 Å². The number of aromatic nitrogens is 1. The van der Waals surface area contributed by atoms with Gasteiger partial charge in [-0.1, -0.05) is 5.16 Å². The van der Waals surface area contributed by atoms with Gasteiger partial charge in [0.05, 0.1) is 5.92 Å². The van der Waals surface area contributed by atoms with Crippen LogP contribution in [0.25, 0.3) is 0 Å². The second kappa shape index (κ2) is 5.56. The van der Waals surface area contributed by atoms with Gasteiger partial charge in [-0.2, -0.15) is 13.2 Å². The fourth-order valence-corrected chi connectivity index (χ4v) is 2.24. The number of nitrogens with two attached hydrogens (primary N) is 1. The number of oxime groups is 1. The Morgan fingerprint density at radius 1 is 1.40 bits per heavy atom. The summed E-state index contributed by atoms with van der Waals surface area (Å²) in [6, 6.07) is 3.17. The molecule has 0 amide bonds. The Morgan fingerprint density at radius 2 is 2.05 bits per heavy atom. The lowest BCUT2D eigenvalue weighted by Crippen LogP contribution is -2.39. The highest BCUT2D eigenvalue weighted by molar-refractivity contribution is 5.97. The average Bonchev–Trinajstić information content (AvgIpc) is 2.46. The van der Waals surface area contributed by atoms with Crippen LogP contribution < -0.4 is 10.6 Å². The number of alkyl halides is 3. The Morgan fingerprint density at radius 3 is 2.60 bits per heavy atom. The third kappa shape index (κ3) is 3.12. The second-order valence-corrected chi connectivity index (χ2v) is 4.69. The highest BCUT2D eigenvalue weighted by atomic mass is 19.4. The summed E-state index contributed by atoms with van der Waals surface area (Å²) in [4.78, 5) is 5.89. The Labute approximate surface area is 113 Å². The smallest absolute Gasteiger partial charge is 0.391 e. The van der Waals surface area contributed by atoms with Crippen LogP contribution in [0.1, 0.15) is 18.4 Å². The van der Waals surface area contributed by atoms with Crippen LogP contribution in [-0.2, 0) is 0 Å². The first kappa shape index (κ1) is 14.4. The molecule has 1 aliphatic rings. The number of anilines is 1. The molecular formula is C12H15F3N4O. The van der Waals surface area contributed by atoms with E-state index in [4.69, 9.17) is 10.9 Å². The first-order valence-corrected chi connectivity index (χ1v) is 6.17. The van der Waals surface area contributed by atoms with Gasteiger partial charge in [0.25, 0.3) is 0 Å². The molecule has 2 rings (SSSR count). The van der Waals surface area contributed by atoms with Crippen LogP contribution in [0.5, 0.6) is 0 Å². The Bertz CT molecular complexity index is 496. The Balaban J connectivity index is 2.08. The van der Waals surface area contributed by atoms with Crippen molar-refractivity contribution in [3.05, 3.63) is 23.9 Å². The van der Waals surface area contributed by atoms with Crippen molar-refractivity contribution >= 4 is 11.7 Å². The summed E-state index contributed by atoms with van der Waals surface area (Å²) in [6.45, 7) is 0.577. The van der Waals surface area contributed by atoms with Crippen LogP contribution in [-0.4, -0.2) is 35.3 Å². The quantitative estimate of drug-likeness (QED) is 0.377. The highest BCUT2D eigenvalue weighted by Gasteiger charge is 2.41. The number of hydrogen-bond acceptors (Lipinski definition) is 4. The summed E-state index contributed by atoms with van der Waals surface area (Å²) >= 11 is 0. The molecule has 5 nitrogen and oxygen atoms in total. The van der Waals surface area contributed by atoms with Crippen LogP contribution in [0.4, 0.5) is 19.0 Å². The van der Waals surface area contributed by atoms with Crippen molar-refractivity contribution in [2.24, 2.45) is 16.8 Å². The molecule has 2 heterocycles. The van der Waals surface area contributed by atoms with E-state index < -0.39 is 12.1 Å². The lowest BCUT2D eigenvalue weighted by atomic mass is 9.96. The summed E-state index contributed by atoms with van der Waals surface area (Å²) in [5.74, 6) is -0.764. The van der Waals surface area contributed by atoms with Gasteiger partial charge in [0.2, 0.25) is 0 Å². The highest BCUT2D eigenvalue weighted by Crippen LogP contribution is 2.35. The zero-order valence-electron chi connectivity index (χ0n) is 10.6. The number of amidine groups is 1. The summed E-state index contributed by atoms with van der Waals surface area (Å²) in [7, 11) is 0. The van der Waals surface area contributed by atoms with Crippen LogP contribution >= 0.6 is 0 Å². The molecule has 0 radical (unpaired) electrons. The first-order valence-electron chi connectivity index (χ1n) is 6.17. The normalized spacial score (nSPS) is 18.4.